The number of rotatable bonds is 9. The minimum Gasteiger partial charge on any atom is -0.389 e. The van der Waals surface area contributed by atoms with Crippen molar-refractivity contribution in [2.24, 2.45) is 0 Å². The van der Waals surface area contributed by atoms with Crippen LogP contribution in [0.3, 0.4) is 0 Å². The second-order valence-corrected chi connectivity index (χ2v) is 4.68. The largest absolute Gasteiger partial charge is 0.389 e. The third-order valence-corrected chi connectivity index (χ3v) is 3.13. The van der Waals surface area contributed by atoms with Gasteiger partial charge >= 0.3 is 0 Å². The Morgan fingerprint density at radius 2 is 1.90 bits per heavy atom. The Balaban J connectivity index is 2.98. The van der Waals surface area contributed by atoms with Gasteiger partial charge < -0.3 is 19.5 Å². The van der Waals surface area contributed by atoms with Gasteiger partial charge in [0.1, 0.15) is 5.82 Å². The molecule has 4 nitrogen and oxygen atoms in total. The molecule has 1 atom stereocenters. The summed E-state index contributed by atoms with van der Waals surface area (Å²) in [6.45, 7) is 3.98. The summed E-state index contributed by atoms with van der Waals surface area (Å²) in [6, 6.07) is 4.78. The van der Waals surface area contributed by atoms with E-state index in [1.54, 1.807) is 33.3 Å². The predicted octanol–water partition coefficient (Wildman–Crippen LogP) is 2.37. The predicted molar refractivity (Wildman–Crippen MR) is 77.6 cm³/mol. The molecule has 1 rings (SSSR count). The van der Waals surface area contributed by atoms with Gasteiger partial charge in [-0.15, -0.1) is 0 Å². The lowest BCUT2D eigenvalue weighted by Crippen LogP contribution is -2.31. The number of ether oxygens (including phenoxy) is 2. The summed E-state index contributed by atoms with van der Waals surface area (Å²) in [5.41, 5.74) is 1.05. The van der Waals surface area contributed by atoms with Crippen molar-refractivity contribution in [2.45, 2.75) is 19.4 Å². The van der Waals surface area contributed by atoms with Gasteiger partial charge in [0.05, 0.1) is 18.4 Å². The molecule has 1 unspecified atom stereocenters. The molecule has 0 aliphatic rings. The molecule has 20 heavy (non-hydrogen) atoms. The topological polar surface area (TPSA) is 41.9 Å². The summed E-state index contributed by atoms with van der Waals surface area (Å²) >= 11 is 0. The van der Waals surface area contributed by atoms with Gasteiger partial charge in [0.25, 0.3) is 0 Å². The zero-order valence-corrected chi connectivity index (χ0v) is 12.4. The lowest BCUT2D eigenvalue weighted by molar-refractivity contribution is 0.189. The highest BCUT2D eigenvalue weighted by Crippen LogP contribution is 2.29. The molecule has 0 spiro atoms. The van der Waals surface area contributed by atoms with Gasteiger partial charge in [-0.05, 0) is 19.4 Å². The van der Waals surface area contributed by atoms with E-state index in [0.717, 1.165) is 6.42 Å². The number of halogens is 1. The van der Waals surface area contributed by atoms with E-state index < -0.39 is 6.10 Å². The molecule has 0 saturated heterocycles. The molecule has 0 saturated carbocycles. The molecule has 0 amide bonds. The first kappa shape index (κ1) is 16.9. The first-order valence-electron chi connectivity index (χ1n) is 6.81. The fourth-order valence-electron chi connectivity index (χ4n) is 2.14. The summed E-state index contributed by atoms with van der Waals surface area (Å²) in [5, 5.41) is 9.83. The first-order valence-corrected chi connectivity index (χ1v) is 6.81. The summed E-state index contributed by atoms with van der Waals surface area (Å²) in [7, 11) is 3.26. The first-order chi connectivity index (χ1) is 9.61. The fraction of sp³-hybridized carbons (Fsp3) is 0.600. The molecule has 0 heterocycles. The van der Waals surface area contributed by atoms with Crippen LogP contribution < -0.4 is 4.90 Å². The number of methoxy groups -OCH3 is 2. The van der Waals surface area contributed by atoms with Crippen LogP contribution in [-0.2, 0) is 9.47 Å². The maximum absolute atomic E-state index is 14.2. The summed E-state index contributed by atoms with van der Waals surface area (Å²) < 4.78 is 24.3. The molecular formula is C15H24FNO3. The highest BCUT2D eigenvalue weighted by molar-refractivity contribution is 5.55. The van der Waals surface area contributed by atoms with E-state index in [2.05, 4.69) is 0 Å². The molecule has 0 fully saturated rings. The van der Waals surface area contributed by atoms with Crippen LogP contribution >= 0.6 is 0 Å². The van der Waals surface area contributed by atoms with Gasteiger partial charge in [-0.1, -0.05) is 12.1 Å². The number of hydrogen-bond donors (Lipinski definition) is 1. The number of hydrogen-bond acceptors (Lipinski definition) is 4. The fourth-order valence-corrected chi connectivity index (χ4v) is 2.14. The lowest BCUT2D eigenvalue weighted by atomic mass is 10.1. The van der Waals surface area contributed by atoms with Crippen molar-refractivity contribution in [3.8, 4) is 0 Å². The quantitative estimate of drug-likeness (QED) is 0.707. The molecule has 0 aliphatic carbocycles. The van der Waals surface area contributed by atoms with Crippen molar-refractivity contribution in [3.63, 3.8) is 0 Å². The lowest BCUT2D eigenvalue weighted by Gasteiger charge is -2.28. The van der Waals surface area contributed by atoms with E-state index >= 15 is 0 Å². The van der Waals surface area contributed by atoms with E-state index in [1.807, 2.05) is 4.90 Å². The van der Waals surface area contributed by atoms with Crippen LogP contribution in [0.1, 0.15) is 25.0 Å². The average molecular weight is 285 g/mol. The average Bonchev–Trinajstić information content (AvgIpc) is 2.43. The molecule has 114 valence electrons. The highest BCUT2D eigenvalue weighted by atomic mass is 19.1. The van der Waals surface area contributed by atoms with Gasteiger partial charge in [-0.25, -0.2) is 4.39 Å². The minimum atomic E-state index is -0.715. The Labute approximate surface area is 120 Å². The Morgan fingerprint density at radius 3 is 2.50 bits per heavy atom. The second kappa shape index (κ2) is 8.89. The molecule has 1 aromatic rings. The molecule has 1 N–H and O–H groups in total. The number of aliphatic hydroxyl groups excluding tert-OH is 1. The van der Waals surface area contributed by atoms with Gasteiger partial charge in [0.15, 0.2) is 0 Å². The van der Waals surface area contributed by atoms with Gasteiger partial charge in [-0.2, -0.15) is 0 Å². The van der Waals surface area contributed by atoms with Gasteiger partial charge in [0.2, 0.25) is 0 Å². The van der Waals surface area contributed by atoms with Crippen molar-refractivity contribution in [3.05, 3.63) is 29.6 Å². The number of aliphatic hydroxyl groups is 1. The maximum Gasteiger partial charge on any atom is 0.146 e. The van der Waals surface area contributed by atoms with Gasteiger partial charge in [0, 0.05) is 39.5 Å². The molecule has 1 aromatic carbocycles. The van der Waals surface area contributed by atoms with Crippen molar-refractivity contribution >= 4 is 5.69 Å². The van der Waals surface area contributed by atoms with E-state index in [-0.39, 0.29) is 5.82 Å². The molecule has 5 heteroatoms. The Kier molecular flexibility index (Phi) is 7.51. The summed E-state index contributed by atoms with van der Waals surface area (Å²) in [5.74, 6) is -0.322. The molecule has 0 radical (unpaired) electrons. The second-order valence-electron chi connectivity index (χ2n) is 4.68. The van der Waals surface area contributed by atoms with Crippen LogP contribution in [0.15, 0.2) is 18.2 Å². The number of anilines is 1. The third kappa shape index (κ3) is 4.74. The summed E-state index contributed by atoms with van der Waals surface area (Å²) in [4.78, 5) is 1.90. The van der Waals surface area contributed by atoms with E-state index in [9.17, 15) is 9.50 Å². The molecule has 0 aromatic heterocycles. The Morgan fingerprint density at radius 1 is 1.20 bits per heavy atom. The van der Waals surface area contributed by atoms with Crippen molar-refractivity contribution in [1.29, 1.82) is 0 Å². The molecular weight excluding hydrogens is 261 g/mol. The van der Waals surface area contributed by atoms with Crippen LogP contribution in [-0.4, -0.2) is 45.6 Å². The van der Waals surface area contributed by atoms with E-state index in [4.69, 9.17) is 9.47 Å². The molecule has 0 bridgehead atoms. The van der Waals surface area contributed by atoms with Crippen LogP contribution in [0, 0.1) is 5.82 Å². The standard InChI is InChI=1S/C15H24FNO3/c1-12(18)13-6-4-7-14(16)15(13)17(9-11-20-3)8-5-10-19-2/h4,6-7,12,18H,5,8-11H2,1-3H3. The normalized spacial score (nSPS) is 12.4. The Bertz CT molecular complexity index is 399. The van der Waals surface area contributed by atoms with E-state index in [0.29, 0.717) is 37.6 Å². The smallest absolute Gasteiger partial charge is 0.146 e. The number of para-hydroxylation sites is 1. The monoisotopic (exact) mass is 285 g/mol. The highest BCUT2D eigenvalue weighted by Gasteiger charge is 2.18. The van der Waals surface area contributed by atoms with E-state index in [1.165, 1.54) is 6.07 Å². The third-order valence-electron chi connectivity index (χ3n) is 3.13. The van der Waals surface area contributed by atoms with Crippen LogP contribution in [0.25, 0.3) is 0 Å². The van der Waals surface area contributed by atoms with Crippen molar-refractivity contribution in [2.75, 3.05) is 45.4 Å². The summed E-state index contributed by atoms with van der Waals surface area (Å²) in [6.07, 6.45) is 0.0709. The molecule has 0 aliphatic heterocycles. The van der Waals surface area contributed by atoms with Crippen molar-refractivity contribution < 1.29 is 19.0 Å². The van der Waals surface area contributed by atoms with Crippen LogP contribution in [0.5, 0.6) is 0 Å². The van der Waals surface area contributed by atoms with Crippen LogP contribution in [0.4, 0.5) is 10.1 Å². The zero-order valence-electron chi connectivity index (χ0n) is 12.4. The number of nitrogens with zero attached hydrogens (tertiary/aromatic N) is 1. The Hall–Kier alpha value is -1.17. The van der Waals surface area contributed by atoms with Crippen LogP contribution in [0.2, 0.25) is 0 Å². The number of benzene rings is 1. The minimum absolute atomic E-state index is 0.322. The maximum atomic E-state index is 14.2. The zero-order chi connectivity index (χ0) is 15.0. The SMILES string of the molecule is COCCCN(CCOC)c1c(F)cccc1C(C)O. The van der Waals surface area contributed by atoms with Gasteiger partial charge in [-0.3, -0.25) is 0 Å². The van der Waals surface area contributed by atoms with Crippen molar-refractivity contribution in [1.82, 2.24) is 0 Å².